The Balaban J connectivity index is 1.49. The SMILES string of the molecule is NC(=O)C1CCC(n2c(Cc3cccc(Cl)c3)nc3cnc(NC4CCOCC4)nc32)CC1. The molecule has 5 rings (SSSR count). The van der Waals surface area contributed by atoms with Gasteiger partial charge >= 0.3 is 0 Å². The molecule has 174 valence electrons. The Bertz CT molecular complexity index is 1140. The fraction of sp³-hybridized carbons (Fsp3) is 0.500. The molecule has 1 saturated heterocycles. The highest BCUT2D eigenvalue weighted by Gasteiger charge is 2.29. The third-order valence-corrected chi connectivity index (χ3v) is 7.01. The minimum atomic E-state index is -0.201. The number of halogens is 1. The van der Waals surface area contributed by atoms with Crippen molar-refractivity contribution < 1.29 is 9.53 Å². The molecule has 1 aliphatic heterocycles. The van der Waals surface area contributed by atoms with E-state index in [-0.39, 0.29) is 17.9 Å². The average molecular weight is 469 g/mol. The number of nitrogens with two attached hydrogens (primary N) is 1. The van der Waals surface area contributed by atoms with Crippen molar-refractivity contribution in [2.24, 2.45) is 11.7 Å². The number of benzene rings is 1. The van der Waals surface area contributed by atoms with Crippen LogP contribution in [0.3, 0.4) is 0 Å². The summed E-state index contributed by atoms with van der Waals surface area (Å²) >= 11 is 6.23. The van der Waals surface area contributed by atoms with Crippen LogP contribution in [-0.4, -0.2) is 44.7 Å². The molecular weight excluding hydrogens is 440 g/mol. The maximum absolute atomic E-state index is 11.7. The molecule has 1 aromatic carbocycles. The maximum Gasteiger partial charge on any atom is 0.224 e. The van der Waals surface area contributed by atoms with Gasteiger partial charge in [-0.2, -0.15) is 4.98 Å². The molecule has 1 aliphatic carbocycles. The van der Waals surface area contributed by atoms with Crippen molar-refractivity contribution in [1.29, 1.82) is 0 Å². The fourth-order valence-corrected chi connectivity index (χ4v) is 5.20. The summed E-state index contributed by atoms with van der Waals surface area (Å²) in [6.07, 6.45) is 7.65. The molecule has 0 unspecified atom stereocenters. The summed E-state index contributed by atoms with van der Waals surface area (Å²) in [5.41, 5.74) is 8.28. The summed E-state index contributed by atoms with van der Waals surface area (Å²) in [4.78, 5) is 26.0. The zero-order valence-corrected chi connectivity index (χ0v) is 19.3. The number of carbonyl (C=O) groups is 1. The van der Waals surface area contributed by atoms with E-state index in [2.05, 4.69) is 20.9 Å². The molecule has 3 aromatic rings. The first-order valence-electron chi connectivity index (χ1n) is 11.7. The number of carbonyl (C=O) groups excluding carboxylic acids is 1. The van der Waals surface area contributed by atoms with Crippen molar-refractivity contribution in [3.05, 3.63) is 46.9 Å². The molecule has 1 amide bonds. The predicted octanol–water partition coefficient (Wildman–Crippen LogP) is 3.88. The summed E-state index contributed by atoms with van der Waals surface area (Å²) in [6, 6.07) is 8.38. The first-order chi connectivity index (χ1) is 16.1. The Labute approximate surface area is 197 Å². The first-order valence-corrected chi connectivity index (χ1v) is 12.1. The van der Waals surface area contributed by atoms with Crippen LogP contribution in [0.4, 0.5) is 5.95 Å². The summed E-state index contributed by atoms with van der Waals surface area (Å²) in [6.45, 7) is 1.51. The van der Waals surface area contributed by atoms with Crippen LogP contribution in [0.25, 0.3) is 11.2 Å². The van der Waals surface area contributed by atoms with Gasteiger partial charge in [0.2, 0.25) is 11.9 Å². The lowest BCUT2D eigenvalue weighted by molar-refractivity contribution is -0.122. The maximum atomic E-state index is 11.7. The van der Waals surface area contributed by atoms with Crippen molar-refractivity contribution in [2.75, 3.05) is 18.5 Å². The third kappa shape index (κ3) is 4.96. The predicted molar refractivity (Wildman–Crippen MR) is 127 cm³/mol. The van der Waals surface area contributed by atoms with Crippen molar-refractivity contribution in [1.82, 2.24) is 19.5 Å². The molecule has 8 nitrogen and oxygen atoms in total. The molecule has 0 atom stereocenters. The van der Waals surface area contributed by atoms with Gasteiger partial charge in [0.05, 0.1) is 6.20 Å². The van der Waals surface area contributed by atoms with Gasteiger partial charge in [0, 0.05) is 42.7 Å². The zero-order valence-electron chi connectivity index (χ0n) is 18.5. The molecule has 0 bridgehead atoms. The summed E-state index contributed by atoms with van der Waals surface area (Å²) < 4.78 is 7.72. The topological polar surface area (TPSA) is 108 Å². The first kappa shape index (κ1) is 22.1. The minimum absolute atomic E-state index is 0.0483. The zero-order chi connectivity index (χ0) is 22.8. The number of amides is 1. The number of imidazole rings is 1. The van der Waals surface area contributed by atoms with Gasteiger partial charge in [-0.15, -0.1) is 0 Å². The van der Waals surface area contributed by atoms with E-state index < -0.39 is 0 Å². The Kier molecular flexibility index (Phi) is 6.46. The van der Waals surface area contributed by atoms with Crippen LogP contribution < -0.4 is 11.1 Å². The fourth-order valence-electron chi connectivity index (χ4n) is 4.99. The van der Waals surface area contributed by atoms with E-state index in [1.807, 2.05) is 18.2 Å². The van der Waals surface area contributed by atoms with E-state index in [9.17, 15) is 4.79 Å². The molecule has 0 spiro atoms. The lowest BCUT2D eigenvalue weighted by Crippen LogP contribution is -2.29. The van der Waals surface area contributed by atoms with Crippen molar-refractivity contribution in [2.45, 2.75) is 57.0 Å². The molecule has 2 aliphatic rings. The van der Waals surface area contributed by atoms with Gasteiger partial charge in [-0.05, 0) is 56.2 Å². The summed E-state index contributed by atoms with van der Waals surface area (Å²) in [7, 11) is 0. The largest absolute Gasteiger partial charge is 0.381 e. The quantitative estimate of drug-likeness (QED) is 0.568. The molecule has 0 radical (unpaired) electrons. The lowest BCUT2D eigenvalue weighted by atomic mass is 9.85. The van der Waals surface area contributed by atoms with Crippen LogP contribution in [0.1, 0.15) is 56.0 Å². The lowest BCUT2D eigenvalue weighted by Gasteiger charge is -2.29. The second-order valence-electron chi connectivity index (χ2n) is 9.05. The highest BCUT2D eigenvalue weighted by Crippen LogP contribution is 2.35. The number of hydrogen-bond acceptors (Lipinski definition) is 6. The third-order valence-electron chi connectivity index (χ3n) is 6.78. The molecular formula is C24H29ClN6O2. The molecule has 2 fully saturated rings. The highest BCUT2D eigenvalue weighted by molar-refractivity contribution is 6.30. The average Bonchev–Trinajstić information content (AvgIpc) is 3.17. The molecule has 9 heteroatoms. The number of ether oxygens (including phenoxy) is 1. The normalized spacial score (nSPS) is 21.8. The van der Waals surface area contributed by atoms with E-state index in [1.54, 1.807) is 6.20 Å². The monoisotopic (exact) mass is 468 g/mol. The number of hydrogen-bond donors (Lipinski definition) is 2. The van der Waals surface area contributed by atoms with E-state index in [1.165, 1.54) is 0 Å². The van der Waals surface area contributed by atoms with E-state index in [4.69, 9.17) is 32.0 Å². The smallest absolute Gasteiger partial charge is 0.224 e. The van der Waals surface area contributed by atoms with Gasteiger partial charge in [0.15, 0.2) is 5.65 Å². The van der Waals surface area contributed by atoms with E-state index in [0.717, 1.165) is 74.3 Å². The number of nitrogens with zero attached hydrogens (tertiary/aromatic N) is 4. The highest BCUT2D eigenvalue weighted by atomic mass is 35.5. The number of nitrogens with one attached hydrogen (secondary N) is 1. The number of aromatic nitrogens is 4. The molecule has 3 N–H and O–H groups in total. The Hall–Kier alpha value is -2.71. The van der Waals surface area contributed by atoms with E-state index in [0.29, 0.717) is 23.4 Å². The van der Waals surface area contributed by atoms with Crippen LogP contribution in [0, 0.1) is 5.92 Å². The Morgan fingerprint density at radius 3 is 2.67 bits per heavy atom. The summed E-state index contributed by atoms with van der Waals surface area (Å²) in [5, 5.41) is 4.18. The van der Waals surface area contributed by atoms with Crippen LogP contribution in [0.5, 0.6) is 0 Å². The van der Waals surface area contributed by atoms with Crippen molar-refractivity contribution in [3.8, 4) is 0 Å². The number of fused-ring (bicyclic) bond motifs is 1. The van der Waals surface area contributed by atoms with Crippen LogP contribution >= 0.6 is 11.6 Å². The Morgan fingerprint density at radius 1 is 1.15 bits per heavy atom. The van der Waals surface area contributed by atoms with Gasteiger partial charge in [0.25, 0.3) is 0 Å². The van der Waals surface area contributed by atoms with Crippen molar-refractivity contribution in [3.63, 3.8) is 0 Å². The van der Waals surface area contributed by atoms with Gasteiger partial charge in [-0.25, -0.2) is 9.97 Å². The number of rotatable bonds is 6. The minimum Gasteiger partial charge on any atom is -0.381 e. The van der Waals surface area contributed by atoms with Gasteiger partial charge in [-0.1, -0.05) is 23.7 Å². The van der Waals surface area contributed by atoms with Crippen LogP contribution in [0.2, 0.25) is 5.02 Å². The van der Waals surface area contributed by atoms with Crippen LogP contribution in [-0.2, 0) is 16.0 Å². The molecule has 2 aromatic heterocycles. The van der Waals surface area contributed by atoms with E-state index >= 15 is 0 Å². The van der Waals surface area contributed by atoms with Gasteiger partial charge in [0.1, 0.15) is 11.3 Å². The van der Waals surface area contributed by atoms with Gasteiger partial charge in [-0.3, -0.25) is 4.79 Å². The summed E-state index contributed by atoms with van der Waals surface area (Å²) in [5.74, 6) is 1.31. The second kappa shape index (κ2) is 9.65. The van der Waals surface area contributed by atoms with Gasteiger partial charge < -0.3 is 20.4 Å². The molecule has 33 heavy (non-hydrogen) atoms. The second-order valence-corrected chi connectivity index (χ2v) is 9.48. The number of primary amides is 1. The van der Waals surface area contributed by atoms with Crippen LogP contribution in [0.15, 0.2) is 30.5 Å². The molecule has 3 heterocycles. The molecule has 1 saturated carbocycles. The standard InChI is InChI=1S/C24H29ClN6O2/c25-17-3-1-2-15(12-17)13-21-29-20-14-27-24(28-18-8-10-33-11-9-18)30-23(20)31(21)19-6-4-16(5-7-19)22(26)32/h1-3,12,14,16,18-19H,4-11,13H2,(H2,26,32)(H,27,28,30). The van der Waals surface area contributed by atoms with Crippen molar-refractivity contribution >= 4 is 34.6 Å². The Morgan fingerprint density at radius 2 is 1.94 bits per heavy atom. The number of anilines is 1.